The average molecular weight is 447 g/mol. The van der Waals surface area contributed by atoms with Gasteiger partial charge in [0.05, 0.1) is 7.11 Å². The van der Waals surface area contributed by atoms with E-state index in [1.54, 1.807) is 13.2 Å². The molecule has 6 rings (SSSR count). The summed E-state index contributed by atoms with van der Waals surface area (Å²) in [6.07, 6.45) is 4.35. The zero-order valence-electron chi connectivity index (χ0n) is 18.3. The molecule has 0 bridgehead atoms. The molecule has 7 heteroatoms. The van der Waals surface area contributed by atoms with Gasteiger partial charge < -0.3 is 24.1 Å². The molecule has 3 unspecified atom stereocenters. The minimum absolute atomic E-state index is 0.115. The van der Waals surface area contributed by atoms with Gasteiger partial charge in [-0.3, -0.25) is 4.90 Å². The molecule has 170 valence electrons. The van der Waals surface area contributed by atoms with Gasteiger partial charge in [0, 0.05) is 31.1 Å². The van der Waals surface area contributed by atoms with Gasteiger partial charge in [0.2, 0.25) is 6.79 Å². The Balaban J connectivity index is 1.30. The van der Waals surface area contributed by atoms with Crippen LogP contribution in [0.1, 0.15) is 29.0 Å². The molecule has 1 fully saturated rings. The van der Waals surface area contributed by atoms with Crippen LogP contribution >= 0.6 is 0 Å². The number of fused-ring (bicyclic) bond motifs is 3. The van der Waals surface area contributed by atoms with E-state index in [-0.39, 0.29) is 18.8 Å². The molecule has 1 saturated heterocycles. The molecule has 2 aromatic carbocycles. The highest BCUT2D eigenvalue weighted by Crippen LogP contribution is 2.50. The van der Waals surface area contributed by atoms with Crippen molar-refractivity contribution in [3.8, 4) is 17.2 Å². The van der Waals surface area contributed by atoms with Crippen LogP contribution in [-0.4, -0.2) is 54.7 Å². The maximum absolute atomic E-state index is 12.8. The van der Waals surface area contributed by atoms with Gasteiger partial charge >= 0.3 is 5.97 Å². The number of benzene rings is 2. The second kappa shape index (κ2) is 7.93. The topological polar surface area (TPSA) is 77.5 Å². The van der Waals surface area contributed by atoms with E-state index in [4.69, 9.17) is 18.9 Å². The Labute approximate surface area is 191 Å². The van der Waals surface area contributed by atoms with Gasteiger partial charge in [-0.15, -0.1) is 0 Å². The first-order valence-electron chi connectivity index (χ1n) is 11.2. The Hall–Kier alpha value is -3.29. The van der Waals surface area contributed by atoms with Crippen LogP contribution in [-0.2, 0) is 16.1 Å². The lowest BCUT2D eigenvalue weighted by Crippen LogP contribution is -2.51. The summed E-state index contributed by atoms with van der Waals surface area (Å²) < 4.78 is 22.3. The van der Waals surface area contributed by atoms with Gasteiger partial charge in [-0.1, -0.05) is 23.8 Å². The molecular formula is C26H25NO6. The van der Waals surface area contributed by atoms with Gasteiger partial charge in [0.25, 0.3) is 0 Å². The largest absolute Gasteiger partial charge is 0.497 e. The first kappa shape index (κ1) is 20.3. The van der Waals surface area contributed by atoms with E-state index in [1.807, 2.05) is 42.5 Å². The van der Waals surface area contributed by atoms with E-state index in [2.05, 4.69) is 4.90 Å². The number of aliphatic hydroxyl groups is 1. The van der Waals surface area contributed by atoms with Gasteiger partial charge in [-0.25, -0.2) is 4.79 Å². The molecule has 7 nitrogen and oxygen atoms in total. The minimum Gasteiger partial charge on any atom is -0.497 e. The highest BCUT2D eigenvalue weighted by Gasteiger charge is 2.50. The molecule has 0 radical (unpaired) electrons. The second-order valence-electron chi connectivity index (χ2n) is 8.84. The Morgan fingerprint density at radius 2 is 1.97 bits per heavy atom. The number of hydrogen-bond donors (Lipinski definition) is 1. The predicted molar refractivity (Wildman–Crippen MR) is 120 cm³/mol. The quantitative estimate of drug-likeness (QED) is 0.439. The standard InChI is InChI=1S/C26H25NO6/c1-30-18-5-2-15(3-6-18)4-7-23(29)33-26-20(28)10-16-8-9-27-13-17-11-21-22(32-14-31-21)12-19(17)24(26)25(16)27/h2-7,10-12,20,24-26,28H,8-9,13-14H2,1H3/b7-4+/t20?,24?,25?,26-/m1/s1. The lowest BCUT2D eigenvalue weighted by atomic mass is 9.73. The lowest BCUT2D eigenvalue weighted by Gasteiger charge is -2.45. The number of carbonyl (C=O) groups is 1. The van der Waals surface area contributed by atoms with Crippen molar-refractivity contribution >= 4 is 12.0 Å². The summed E-state index contributed by atoms with van der Waals surface area (Å²) in [5.74, 6) is 1.55. The van der Waals surface area contributed by atoms with E-state index in [9.17, 15) is 9.90 Å². The molecule has 2 aromatic rings. The number of carbonyl (C=O) groups excluding carboxylic acids is 1. The highest BCUT2D eigenvalue weighted by molar-refractivity contribution is 5.87. The molecule has 1 aliphatic carbocycles. The zero-order chi connectivity index (χ0) is 22.5. The first-order chi connectivity index (χ1) is 16.1. The predicted octanol–water partition coefficient (Wildman–Crippen LogP) is 3.02. The summed E-state index contributed by atoms with van der Waals surface area (Å²) in [5.41, 5.74) is 4.27. The van der Waals surface area contributed by atoms with Crippen molar-refractivity contribution < 1.29 is 28.8 Å². The van der Waals surface area contributed by atoms with Gasteiger partial charge in [-0.2, -0.15) is 0 Å². The summed E-state index contributed by atoms with van der Waals surface area (Å²) in [4.78, 5) is 15.2. The molecule has 0 spiro atoms. The smallest absolute Gasteiger partial charge is 0.331 e. The Morgan fingerprint density at radius 1 is 1.18 bits per heavy atom. The van der Waals surface area contributed by atoms with E-state index >= 15 is 0 Å². The van der Waals surface area contributed by atoms with E-state index in [0.29, 0.717) is 5.75 Å². The summed E-state index contributed by atoms with van der Waals surface area (Å²) >= 11 is 0. The monoisotopic (exact) mass is 447 g/mol. The summed E-state index contributed by atoms with van der Waals surface area (Å²) in [6, 6.07) is 11.5. The van der Waals surface area contributed by atoms with Crippen molar-refractivity contribution in [3.63, 3.8) is 0 Å². The average Bonchev–Trinajstić information content (AvgIpc) is 3.45. The van der Waals surface area contributed by atoms with Gasteiger partial charge in [0.1, 0.15) is 18.0 Å². The van der Waals surface area contributed by atoms with Crippen molar-refractivity contribution in [3.05, 3.63) is 70.8 Å². The number of nitrogens with zero attached hydrogens (tertiary/aromatic N) is 1. The van der Waals surface area contributed by atoms with Crippen LogP contribution < -0.4 is 14.2 Å². The SMILES string of the molecule is COc1ccc(/C=C/C(=O)O[C@@H]2C(O)C=C3CCN4Cc5cc6c(cc5C2C34)OCO6)cc1. The number of methoxy groups -OCH3 is 1. The van der Waals surface area contributed by atoms with Crippen molar-refractivity contribution in [2.45, 2.75) is 37.1 Å². The van der Waals surface area contributed by atoms with E-state index in [1.165, 1.54) is 11.6 Å². The highest BCUT2D eigenvalue weighted by atomic mass is 16.7. The number of hydrogen-bond acceptors (Lipinski definition) is 7. The third-order valence-corrected chi connectivity index (χ3v) is 7.02. The summed E-state index contributed by atoms with van der Waals surface area (Å²) in [5, 5.41) is 11.0. The van der Waals surface area contributed by atoms with Gasteiger partial charge in [-0.05, 0) is 53.5 Å². The molecule has 0 amide bonds. The molecule has 4 aliphatic rings. The minimum atomic E-state index is -0.865. The third kappa shape index (κ3) is 3.48. The first-order valence-corrected chi connectivity index (χ1v) is 11.2. The van der Waals surface area contributed by atoms with Crippen molar-refractivity contribution in [1.29, 1.82) is 0 Å². The number of rotatable bonds is 4. The van der Waals surface area contributed by atoms with Crippen LogP contribution in [0.25, 0.3) is 6.08 Å². The fourth-order valence-electron chi connectivity index (χ4n) is 5.53. The fraction of sp³-hybridized carbons (Fsp3) is 0.346. The molecule has 4 atom stereocenters. The Bertz CT molecular complexity index is 1150. The van der Waals surface area contributed by atoms with Crippen molar-refractivity contribution in [2.24, 2.45) is 0 Å². The Kier molecular flexibility index (Phi) is 4.89. The maximum Gasteiger partial charge on any atom is 0.331 e. The third-order valence-electron chi connectivity index (χ3n) is 7.02. The number of aliphatic hydroxyl groups excluding tert-OH is 1. The van der Waals surface area contributed by atoms with Crippen LogP contribution in [0.2, 0.25) is 0 Å². The Morgan fingerprint density at radius 3 is 2.76 bits per heavy atom. The molecule has 3 heterocycles. The van der Waals surface area contributed by atoms with Crippen molar-refractivity contribution in [2.75, 3.05) is 20.4 Å². The van der Waals surface area contributed by atoms with Crippen LogP contribution in [0.4, 0.5) is 0 Å². The molecule has 0 saturated carbocycles. The molecule has 0 aromatic heterocycles. The zero-order valence-corrected chi connectivity index (χ0v) is 18.3. The van der Waals surface area contributed by atoms with Crippen LogP contribution in [0.3, 0.4) is 0 Å². The number of esters is 1. The summed E-state index contributed by atoms with van der Waals surface area (Å²) in [7, 11) is 1.61. The van der Waals surface area contributed by atoms with Crippen molar-refractivity contribution in [1.82, 2.24) is 4.90 Å². The molecular weight excluding hydrogens is 422 g/mol. The van der Waals surface area contributed by atoms with E-state index in [0.717, 1.165) is 47.7 Å². The van der Waals surface area contributed by atoms with Crippen LogP contribution in [0.5, 0.6) is 17.2 Å². The molecule has 33 heavy (non-hydrogen) atoms. The lowest BCUT2D eigenvalue weighted by molar-refractivity contribution is -0.150. The van der Waals surface area contributed by atoms with Gasteiger partial charge in [0.15, 0.2) is 11.5 Å². The maximum atomic E-state index is 12.8. The van der Waals surface area contributed by atoms with Crippen LogP contribution in [0, 0.1) is 0 Å². The van der Waals surface area contributed by atoms with Crippen LogP contribution in [0.15, 0.2) is 54.1 Å². The molecule has 3 aliphatic heterocycles. The fourth-order valence-corrected chi connectivity index (χ4v) is 5.53. The summed E-state index contributed by atoms with van der Waals surface area (Å²) in [6.45, 7) is 1.93. The molecule has 1 N–H and O–H groups in total. The van der Waals surface area contributed by atoms with E-state index < -0.39 is 18.2 Å². The normalized spacial score (nSPS) is 27.2. The number of ether oxygens (including phenoxy) is 4. The second-order valence-corrected chi connectivity index (χ2v) is 8.84.